The molecule has 1 aliphatic heterocycles. The Kier molecular flexibility index (Phi) is 3.35. The minimum absolute atomic E-state index is 0.674. The molecule has 1 unspecified atom stereocenters. The summed E-state index contributed by atoms with van der Waals surface area (Å²) in [4.78, 5) is 4.33. The maximum Gasteiger partial charge on any atom is 0.226 e. The van der Waals surface area contributed by atoms with E-state index in [0.717, 1.165) is 35.9 Å². The molecule has 1 N–H and O–H groups in total. The van der Waals surface area contributed by atoms with Gasteiger partial charge >= 0.3 is 0 Å². The standard InChI is InChI=1S/C14H15ClN2O/c15-12-3-1-11(2-4-12)14-17-9-13(18-14)7-10-5-6-16-8-10/h1-4,9-10,16H,5-8H2. The topological polar surface area (TPSA) is 38.1 Å². The molecule has 2 heterocycles. The van der Waals surface area contributed by atoms with Gasteiger partial charge in [-0.2, -0.15) is 0 Å². The lowest BCUT2D eigenvalue weighted by Gasteiger charge is -2.03. The number of aromatic nitrogens is 1. The Bertz CT molecular complexity index is 515. The molecule has 0 amide bonds. The summed E-state index contributed by atoms with van der Waals surface area (Å²) in [5.74, 6) is 2.32. The van der Waals surface area contributed by atoms with Crippen LogP contribution in [-0.4, -0.2) is 18.1 Å². The molecule has 1 aromatic heterocycles. The molecule has 4 heteroatoms. The normalized spacial score (nSPS) is 19.3. The Morgan fingerprint density at radius 1 is 1.33 bits per heavy atom. The van der Waals surface area contributed by atoms with E-state index >= 15 is 0 Å². The van der Waals surface area contributed by atoms with Crippen LogP contribution in [0.1, 0.15) is 12.2 Å². The van der Waals surface area contributed by atoms with E-state index in [1.165, 1.54) is 6.42 Å². The van der Waals surface area contributed by atoms with Crippen molar-refractivity contribution in [1.82, 2.24) is 10.3 Å². The molecule has 0 saturated carbocycles. The molecule has 1 saturated heterocycles. The Morgan fingerprint density at radius 3 is 2.89 bits per heavy atom. The number of hydrogen-bond donors (Lipinski definition) is 1. The van der Waals surface area contributed by atoms with Gasteiger partial charge in [-0.3, -0.25) is 0 Å². The van der Waals surface area contributed by atoms with E-state index in [1.54, 1.807) is 0 Å². The summed E-state index contributed by atoms with van der Waals surface area (Å²) in [6.45, 7) is 2.19. The molecule has 3 rings (SSSR count). The van der Waals surface area contributed by atoms with Crippen molar-refractivity contribution in [3.05, 3.63) is 41.2 Å². The van der Waals surface area contributed by atoms with Crippen LogP contribution < -0.4 is 5.32 Å². The highest BCUT2D eigenvalue weighted by Gasteiger charge is 2.17. The summed E-state index contributed by atoms with van der Waals surface area (Å²) in [6, 6.07) is 7.55. The molecule has 0 aliphatic carbocycles. The van der Waals surface area contributed by atoms with E-state index in [-0.39, 0.29) is 0 Å². The second kappa shape index (κ2) is 5.12. The number of nitrogens with one attached hydrogen (secondary N) is 1. The zero-order valence-electron chi connectivity index (χ0n) is 10.0. The van der Waals surface area contributed by atoms with E-state index in [4.69, 9.17) is 16.0 Å². The number of halogens is 1. The lowest BCUT2D eigenvalue weighted by molar-refractivity contribution is 0.462. The average Bonchev–Trinajstić information content (AvgIpc) is 3.02. The van der Waals surface area contributed by atoms with Crippen LogP contribution in [0.15, 0.2) is 34.9 Å². The van der Waals surface area contributed by atoms with Crippen molar-refractivity contribution in [2.75, 3.05) is 13.1 Å². The number of benzene rings is 1. The third kappa shape index (κ3) is 2.57. The lowest BCUT2D eigenvalue weighted by atomic mass is 10.0. The first-order valence-electron chi connectivity index (χ1n) is 6.22. The fraction of sp³-hybridized carbons (Fsp3) is 0.357. The van der Waals surface area contributed by atoms with Crippen molar-refractivity contribution in [2.45, 2.75) is 12.8 Å². The van der Waals surface area contributed by atoms with Gasteiger partial charge in [0.2, 0.25) is 5.89 Å². The molecule has 1 fully saturated rings. The molecule has 18 heavy (non-hydrogen) atoms. The molecule has 3 nitrogen and oxygen atoms in total. The van der Waals surface area contributed by atoms with Gasteiger partial charge in [0.1, 0.15) is 5.76 Å². The summed E-state index contributed by atoms with van der Waals surface area (Å²) in [5, 5.41) is 4.09. The van der Waals surface area contributed by atoms with Crippen molar-refractivity contribution in [3.63, 3.8) is 0 Å². The van der Waals surface area contributed by atoms with E-state index in [1.807, 2.05) is 30.5 Å². The largest absolute Gasteiger partial charge is 0.441 e. The van der Waals surface area contributed by atoms with Gasteiger partial charge in [0, 0.05) is 17.0 Å². The van der Waals surface area contributed by atoms with Gasteiger partial charge < -0.3 is 9.73 Å². The van der Waals surface area contributed by atoms with Gasteiger partial charge in [-0.15, -0.1) is 0 Å². The third-order valence-corrected chi connectivity index (χ3v) is 3.55. The molecule has 1 aromatic carbocycles. The van der Waals surface area contributed by atoms with Crippen molar-refractivity contribution in [3.8, 4) is 11.5 Å². The summed E-state index contributed by atoms with van der Waals surface area (Å²) in [6.07, 6.45) is 4.02. The van der Waals surface area contributed by atoms with Gasteiger partial charge in [-0.05, 0) is 49.7 Å². The molecule has 2 aromatic rings. The smallest absolute Gasteiger partial charge is 0.226 e. The van der Waals surface area contributed by atoms with Crippen LogP contribution in [0.2, 0.25) is 5.02 Å². The summed E-state index contributed by atoms with van der Waals surface area (Å²) >= 11 is 5.86. The monoisotopic (exact) mass is 262 g/mol. The number of oxazole rings is 1. The highest BCUT2D eigenvalue weighted by atomic mass is 35.5. The van der Waals surface area contributed by atoms with Crippen LogP contribution >= 0.6 is 11.6 Å². The fourth-order valence-electron chi connectivity index (χ4n) is 2.30. The van der Waals surface area contributed by atoms with E-state index in [2.05, 4.69) is 10.3 Å². The van der Waals surface area contributed by atoms with Crippen molar-refractivity contribution < 1.29 is 4.42 Å². The van der Waals surface area contributed by atoms with Gasteiger partial charge in [0.15, 0.2) is 0 Å². The predicted octanol–water partition coefficient (Wildman–Crippen LogP) is 3.15. The second-order valence-corrected chi connectivity index (χ2v) is 5.14. The maximum atomic E-state index is 5.86. The Morgan fingerprint density at radius 2 is 2.17 bits per heavy atom. The SMILES string of the molecule is Clc1ccc(-c2ncc(CC3CCNC3)o2)cc1. The quantitative estimate of drug-likeness (QED) is 0.923. The average molecular weight is 263 g/mol. The summed E-state index contributed by atoms with van der Waals surface area (Å²) in [7, 11) is 0. The van der Waals surface area contributed by atoms with Crippen LogP contribution in [0.4, 0.5) is 0 Å². The zero-order chi connectivity index (χ0) is 12.4. The third-order valence-electron chi connectivity index (χ3n) is 3.30. The first-order valence-corrected chi connectivity index (χ1v) is 6.60. The molecular formula is C14H15ClN2O. The van der Waals surface area contributed by atoms with Crippen molar-refractivity contribution in [2.24, 2.45) is 5.92 Å². The highest BCUT2D eigenvalue weighted by Crippen LogP contribution is 2.23. The number of rotatable bonds is 3. The minimum Gasteiger partial charge on any atom is -0.441 e. The molecule has 0 radical (unpaired) electrons. The van der Waals surface area contributed by atoms with Gasteiger partial charge in [0.05, 0.1) is 6.20 Å². The second-order valence-electron chi connectivity index (χ2n) is 4.70. The first kappa shape index (κ1) is 11.8. The molecule has 0 spiro atoms. The lowest BCUT2D eigenvalue weighted by Crippen LogP contribution is -2.10. The predicted molar refractivity (Wildman–Crippen MR) is 71.6 cm³/mol. The van der Waals surface area contributed by atoms with Crippen LogP contribution in [0, 0.1) is 5.92 Å². The fourth-order valence-corrected chi connectivity index (χ4v) is 2.43. The number of nitrogens with zero attached hydrogens (tertiary/aromatic N) is 1. The maximum absolute atomic E-state index is 5.86. The highest BCUT2D eigenvalue weighted by molar-refractivity contribution is 6.30. The first-order chi connectivity index (χ1) is 8.81. The van der Waals surface area contributed by atoms with E-state index in [9.17, 15) is 0 Å². The van der Waals surface area contributed by atoms with Crippen molar-refractivity contribution in [1.29, 1.82) is 0 Å². The minimum atomic E-state index is 0.674. The van der Waals surface area contributed by atoms with Crippen LogP contribution in [-0.2, 0) is 6.42 Å². The van der Waals surface area contributed by atoms with Crippen LogP contribution in [0.25, 0.3) is 11.5 Å². The molecule has 1 aliphatic rings. The van der Waals surface area contributed by atoms with Crippen molar-refractivity contribution >= 4 is 11.6 Å². The summed E-state index contributed by atoms with van der Waals surface area (Å²) in [5.41, 5.74) is 0.968. The van der Waals surface area contributed by atoms with E-state index < -0.39 is 0 Å². The summed E-state index contributed by atoms with van der Waals surface area (Å²) < 4.78 is 5.79. The zero-order valence-corrected chi connectivity index (χ0v) is 10.8. The molecular weight excluding hydrogens is 248 g/mol. The number of hydrogen-bond acceptors (Lipinski definition) is 3. The van der Waals surface area contributed by atoms with E-state index in [0.29, 0.717) is 11.8 Å². The Hall–Kier alpha value is -1.32. The Labute approximate surface area is 111 Å². The molecule has 94 valence electrons. The van der Waals surface area contributed by atoms with Gasteiger partial charge in [0.25, 0.3) is 0 Å². The Balaban J connectivity index is 1.74. The molecule has 1 atom stereocenters. The van der Waals surface area contributed by atoms with Crippen LogP contribution in [0.3, 0.4) is 0 Å². The molecule has 0 bridgehead atoms. The van der Waals surface area contributed by atoms with Gasteiger partial charge in [-0.1, -0.05) is 11.6 Å². The van der Waals surface area contributed by atoms with Crippen LogP contribution in [0.5, 0.6) is 0 Å². The van der Waals surface area contributed by atoms with Gasteiger partial charge in [-0.25, -0.2) is 4.98 Å².